The van der Waals surface area contributed by atoms with Gasteiger partial charge in [-0.1, -0.05) is 29.8 Å². The molecule has 0 saturated heterocycles. The summed E-state index contributed by atoms with van der Waals surface area (Å²) >= 11 is 0. The summed E-state index contributed by atoms with van der Waals surface area (Å²) in [4.78, 5) is 23.6. The summed E-state index contributed by atoms with van der Waals surface area (Å²) in [6, 6.07) is 9.55. The van der Waals surface area contributed by atoms with E-state index in [9.17, 15) is 18.0 Å². The Bertz CT molecular complexity index is 976. The molecule has 0 spiro atoms. The number of carbonyl (C=O) groups excluding carboxylic acids is 2. The fourth-order valence-electron chi connectivity index (χ4n) is 2.82. The Morgan fingerprint density at radius 1 is 1.07 bits per heavy atom. The van der Waals surface area contributed by atoms with Crippen LogP contribution in [0.15, 0.2) is 41.3 Å². The lowest BCUT2D eigenvalue weighted by Gasteiger charge is -2.16. The van der Waals surface area contributed by atoms with Gasteiger partial charge in [-0.2, -0.15) is 0 Å². The zero-order chi connectivity index (χ0) is 20.4. The molecule has 7 nitrogen and oxygen atoms in total. The number of aryl methyl sites for hydroxylation is 3. The SMILES string of the molecule is Cc1cc(C)c(S(=O)(=O)Nc2ccccc2C(=O)O[C@H](C)C(N)=O)c(C)c1. The van der Waals surface area contributed by atoms with Gasteiger partial charge in [0.05, 0.1) is 16.1 Å². The Hall–Kier alpha value is -2.87. The van der Waals surface area contributed by atoms with Crippen molar-refractivity contribution in [3.05, 3.63) is 58.7 Å². The normalized spacial score (nSPS) is 12.3. The minimum absolute atomic E-state index is 0.0170. The van der Waals surface area contributed by atoms with Crippen LogP contribution in [0.4, 0.5) is 5.69 Å². The van der Waals surface area contributed by atoms with Gasteiger partial charge in [-0.05, 0) is 51.0 Å². The number of para-hydroxylation sites is 1. The number of rotatable bonds is 6. The van der Waals surface area contributed by atoms with E-state index in [2.05, 4.69) is 4.72 Å². The van der Waals surface area contributed by atoms with E-state index in [1.807, 2.05) is 6.92 Å². The lowest BCUT2D eigenvalue weighted by molar-refractivity contribution is -0.125. The Labute approximate surface area is 158 Å². The van der Waals surface area contributed by atoms with Gasteiger partial charge in [-0.15, -0.1) is 0 Å². The molecular weight excluding hydrogens is 368 g/mol. The first kappa shape index (κ1) is 20.4. The van der Waals surface area contributed by atoms with Gasteiger partial charge in [-0.3, -0.25) is 9.52 Å². The lowest BCUT2D eigenvalue weighted by Crippen LogP contribution is -2.30. The van der Waals surface area contributed by atoms with E-state index in [0.29, 0.717) is 11.1 Å². The van der Waals surface area contributed by atoms with E-state index >= 15 is 0 Å². The van der Waals surface area contributed by atoms with Crippen LogP contribution in [0.3, 0.4) is 0 Å². The molecular formula is C19H22N2O5S. The minimum Gasteiger partial charge on any atom is -0.449 e. The summed E-state index contributed by atoms with van der Waals surface area (Å²) < 4.78 is 33.3. The second-order valence-electron chi connectivity index (χ2n) is 6.33. The van der Waals surface area contributed by atoms with Crippen LogP contribution >= 0.6 is 0 Å². The van der Waals surface area contributed by atoms with Crippen molar-refractivity contribution in [3.63, 3.8) is 0 Å². The summed E-state index contributed by atoms with van der Waals surface area (Å²) in [6.07, 6.45) is -1.14. The molecule has 2 aromatic rings. The number of nitrogens with two attached hydrogens (primary N) is 1. The van der Waals surface area contributed by atoms with Crippen LogP contribution in [0.25, 0.3) is 0 Å². The summed E-state index contributed by atoms with van der Waals surface area (Å²) in [6.45, 7) is 6.65. The van der Waals surface area contributed by atoms with Crippen molar-refractivity contribution in [2.75, 3.05) is 4.72 Å². The molecule has 0 aliphatic rings. The number of hydrogen-bond acceptors (Lipinski definition) is 5. The summed E-state index contributed by atoms with van der Waals surface area (Å²) in [5.41, 5.74) is 7.28. The largest absolute Gasteiger partial charge is 0.449 e. The van der Waals surface area contributed by atoms with Crippen LogP contribution in [-0.4, -0.2) is 26.4 Å². The second-order valence-corrected chi connectivity index (χ2v) is 7.95. The molecule has 0 unspecified atom stereocenters. The first-order valence-corrected chi connectivity index (χ1v) is 9.71. The molecule has 2 aromatic carbocycles. The number of esters is 1. The highest BCUT2D eigenvalue weighted by Crippen LogP contribution is 2.26. The van der Waals surface area contributed by atoms with Crippen LogP contribution in [0, 0.1) is 20.8 Å². The van der Waals surface area contributed by atoms with Crippen LogP contribution < -0.4 is 10.5 Å². The minimum atomic E-state index is -3.94. The van der Waals surface area contributed by atoms with Crippen molar-refractivity contribution in [1.82, 2.24) is 0 Å². The standard InChI is InChI=1S/C19H22N2O5S/c1-11-9-12(2)17(13(3)10-11)27(24,25)21-16-8-6-5-7-15(16)19(23)26-14(4)18(20)22/h5-10,14,21H,1-4H3,(H2,20,22)/t14-/m1/s1. The molecule has 1 amide bonds. The molecule has 0 aliphatic carbocycles. The highest BCUT2D eigenvalue weighted by Gasteiger charge is 2.24. The zero-order valence-electron chi connectivity index (χ0n) is 15.6. The maximum absolute atomic E-state index is 12.9. The van der Waals surface area contributed by atoms with Crippen LogP contribution in [-0.2, 0) is 19.6 Å². The van der Waals surface area contributed by atoms with E-state index < -0.39 is 28.0 Å². The number of hydrogen-bond donors (Lipinski definition) is 2. The molecule has 0 heterocycles. The quantitative estimate of drug-likeness (QED) is 0.735. The van der Waals surface area contributed by atoms with E-state index in [1.165, 1.54) is 19.1 Å². The van der Waals surface area contributed by atoms with Crippen molar-refractivity contribution in [3.8, 4) is 0 Å². The molecule has 1 atom stereocenters. The van der Waals surface area contributed by atoms with Crippen LogP contribution in [0.5, 0.6) is 0 Å². The number of ether oxygens (including phenoxy) is 1. The molecule has 144 valence electrons. The van der Waals surface area contributed by atoms with Crippen LogP contribution in [0.1, 0.15) is 34.0 Å². The van der Waals surface area contributed by atoms with Crippen molar-refractivity contribution in [1.29, 1.82) is 0 Å². The summed E-state index contributed by atoms with van der Waals surface area (Å²) in [5.74, 6) is -1.65. The number of benzene rings is 2. The Kier molecular flexibility index (Phi) is 5.90. The molecule has 0 saturated carbocycles. The molecule has 0 radical (unpaired) electrons. The van der Waals surface area contributed by atoms with Gasteiger partial charge in [0.25, 0.3) is 15.9 Å². The fraction of sp³-hybridized carbons (Fsp3) is 0.263. The predicted molar refractivity (Wildman–Crippen MR) is 102 cm³/mol. The monoisotopic (exact) mass is 390 g/mol. The zero-order valence-corrected chi connectivity index (χ0v) is 16.4. The molecule has 2 rings (SSSR count). The molecule has 27 heavy (non-hydrogen) atoms. The van der Waals surface area contributed by atoms with Crippen molar-refractivity contribution >= 4 is 27.6 Å². The highest BCUT2D eigenvalue weighted by atomic mass is 32.2. The third-order valence-corrected chi connectivity index (χ3v) is 5.62. The van der Waals surface area contributed by atoms with E-state index in [-0.39, 0.29) is 16.1 Å². The topological polar surface area (TPSA) is 116 Å². The van der Waals surface area contributed by atoms with Crippen LogP contribution in [0.2, 0.25) is 0 Å². The third-order valence-electron chi connectivity index (χ3n) is 3.95. The maximum atomic E-state index is 12.9. The van der Waals surface area contributed by atoms with Gasteiger partial charge in [-0.25, -0.2) is 13.2 Å². The van der Waals surface area contributed by atoms with Gasteiger partial charge in [0.2, 0.25) is 0 Å². The average molecular weight is 390 g/mol. The van der Waals surface area contributed by atoms with E-state index in [0.717, 1.165) is 5.56 Å². The highest BCUT2D eigenvalue weighted by molar-refractivity contribution is 7.92. The van der Waals surface area contributed by atoms with E-state index in [4.69, 9.17) is 10.5 Å². The number of anilines is 1. The van der Waals surface area contributed by atoms with Crippen molar-refractivity contribution < 1.29 is 22.7 Å². The number of primary amides is 1. The second kappa shape index (κ2) is 7.79. The first-order valence-electron chi connectivity index (χ1n) is 8.23. The number of nitrogens with one attached hydrogen (secondary N) is 1. The number of amides is 1. The van der Waals surface area contributed by atoms with Gasteiger partial charge in [0, 0.05) is 0 Å². The molecule has 0 aliphatic heterocycles. The molecule has 3 N–H and O–H groups in total. The van der Waals surface area contributed by atoms with Gasteiger partial charge < -0.3 is 10.5 Å². The summed E-state index contributed by atoms with van der Waals surface area (Å²) in [5, 5.41) is 0. The van der Waals surface area contributed by atoms with Gasteiger partial charge >= 0.3 is 5.97 Å². The Morgan fingerprint density at radius 3 is 2.19 bits per heavy atom. The Balaban J connectivity index is 2.41. The average Bonchev–Trinajstić information content (AvgIpc) is 2.53. The number of sulfonamides is 1. The predicted octanol–water partition coefficient (Wildman–Crippen LogP) is 2.44. The fourth-order valence-corrected chi connectivity index (χ4v) is 4.35. The first-order chi connectivity index (χ1) is 12.5. The Morgan fingerprint density at radius 2 is 1.63 bits per heavy atom. The van der Waals surface area contributed by atoms with Gasteiger partial charge in [0.1, 0.15) is 0 Å². The van der Waals surface area contributed by atoms with Gasteiger partial charge in [0.15, 0.2) is 6.10 Å². The molecule has 0 aromatic heterocycles. The lowest BCUT2D eigenvalue weighted by atomic mass is 10.1. The maximum Gasteiger partial charge on any atom is 0.341 e. The van der Waals surface area contributed by atoms with Crippen molar-refractivity contribution in [2.24, 2.45) is 5.73 Å². The third kappa shape index (κ3) is 4.65. The van der Waals surface area contributed by atoms with E-state index in [1.54, 1.807) is 38.1 Å². The molecule has 0 bridgehead atoms. The summed E-state index contributed by atoms with van der Waals surface area (Å²) in [7, 11) is -3.94. The van der Waals surface area contributed by atoms with Crippen molar-refractivity contribution in [2.45, 2.75) is 38.7 Å². The smallest absolute Gasteiger partial charge is 0.341 e. The molecule has 0 fully saturated rings. The number of carbonyl (C=O) groups is 2. The molecule has 8 heteroatoms.